The Morgan fingerprint density at radius 2 is 1.89 bits per heavy atom. The van der Waals surface area contributed by atoms with Crippen molar-refractivity contribution in [1.82, 2.24) is 0 Å². The van der Waals surface area contributed by atoms with Crippen molar-refractivity contribution < 1.29 is 10.2 Å². The average Bonchev–Trinajstić information content (AvgIpc) is 1.97. The minimum Gasteiger partial charge on any atom is -0.389 e. The van der Waals surface area contributed by atoms with E-state index in [-0.39, 0.29) is 5.41 Å². The van der Waals surface area contributed by atoms with Gasteiger partial charge in [-0.25, -0.2) is 0 Å². The lowest BCUT2D eigenvalue weighted by atomic mass is 9.90. The fourth-order valence-corrected chi connectivity index (χ4v) is 0.991. The van der Waals surface area contributed by atoms with Crippen molar-refractivity contribution in [3.05, 3.63) is 12.2 Å². The zero-order valence-electron chi connectivity index (χ0n) is 5.70. The maximum atomic E-state index is 9.21. The highest BCUT2D eigenvalue weighted by atomic mass is 16.3. The van der Waals surface area contributed by atoms with Crippen LogP contribution in [0.4, 0.5) is 0 Å². The Morgan fingerprint density at radius 3 is 2.00 bits per heavy atom. The van der Waals surface area contributed by atoms with Crippen LogP contribution >= 0.6 is 0 Å². The van der Waals surface area contributed by atoms with Gasteiger partial charge in [0, 0.05) is 5.41 Å². The summed E-state index contributed by atoms with van der Waals surface area (Å²) < 4.78 is 0. The molecule has 0 saturated carbocycles. The van der Waals surface area contributed by atoms with Crippen LogP contribution in [0.5, 0.6) is 0 Å². The third kappa shape index (κ3) is 1.00. The van der Waals surface area contributed by atoms with Crippen LogP contribution in [0.25, 0.3) is 0 Å². The summed E-state index contributed by atoms with van der Waals surface area (Å²) in [4.78, 5) is 0. The number of rotatable bonds is 0. The minimum absolute atomic E-state index is 0.251. The molecule has 0 spiro atoms. The van der Waals surface area contributed by atoms with Gasteiger partial charge in [-0.15, -0.1) is 0 Å². The quantitative estimate of drug-likeness (QED) is 0.461. The number of aliphatic hydroxyl groups excluding tert-OH is 2. The molecule has 0 aromatic rings. The second-order valence-corrected chi connectivity index (χ2v) is 3.12. The van der Waals surface area contributed by atoms with Crippen LogP contribution in [0, 0.1) is 5.41 Å². The van der Waals surface area contributed by atoms with Crippen LogP contribution in [-0.2, 0) is 0 Å². The summed E-state index contributed by atoms with van der Waals surface area (Å²) in [7, 11) is 0. The summed E-state index contributed by atoms with van der Waals surface area (Å²) in [6.07, 6.45) is 2.17. The lowest BCUT2D eigenvalue weighted by Crippen LogP contribution is -2.31. The third-order valence-corrected chi connectivity index (χ3v) is 1.81. The van der Waals surface area contributed by atoms with Gasteiger partial charge in [-0.05, 0) is 0 Å². The molecule has 1 aliphatic rings. The Hall–Kier alpha value is -0.340. The maximum Gasteiger partial charge on any atom is 0.0988 e. The van der Waals surface area contributed by atoms with E-state index in [1.165, 1.54) is 0 Å². The van der Waals surface area contributed by atoms with E-state index in [0.29, 0.717) is 0 Å². The first-order valence-electron chi connectivity index (χ1n) is 3.09. The van der Waals surface area contributed by atoms with E-state index in [1.54, 1.807) is 6.08 Å². The van der Waals surface area contributed by atoms with Gasteiger partial charge in [-0.3, -0.25) is 0 Å². The molecular formula is C7H12O2. The predicted molar refractivity (Wildman–Crippen MR) is 34.9 cm³/mol. The number of hydrogen-bond donors (Lipinski definition) is 2. The molecule has 2 heteroatoms. The normalized spacial score (nSPS) is 39.6. The van der Waals surface area contributed by atoms with Crippen molar-refractivity contribution in [2.75, 3.05) is 0 Å². The molecule has 1 aliphatic carbocycles. The molecule has 2 unspecified atom stereocenters. The first-order valence-corrected chi connectivity index (χ1v) is 3.09. The largest absolute Gasteiger partial charge is 0.389 e. The molecule has 0 radical (unpaired) electrons. The topological polar surface area (TPSA) is 40.5 Å². The Labute approximate surface area is 54.8 Å². The van der Waals surface area contributed by atoms with Crippen LogP contribution in [-0.4, -0.2) is 22.4 Å². The summed E-state index contributed by atoms with van der Waals surface area (Å²) >= 11 is 0. The highest BCUT2D eigenvalue weighted by Gasteiger charge is 2.34. The van der Waals surface area contributed by atoms with Crippen LogP contribution in [0.3, 0.4) is 0 Å². The van der Waals surface area contributed by atoms with Crippen molar-refractivity contribution in [3.8, 4) is 0 Å². The van der Waals surface area contributed by atoms with E-state index >= 15 is 0 Å². The van der Waals surface area contributed by atoms with E-state index in [2.05, 4.69) is 0 Å². The molecule has 52 valence electrons. The van der Waals surface area contributed by atoms with Crippen LogP contribution < -0.4 is 0 Å². The molecule has 2 atom stereocenters. The first-order chi connectivity index (χ1) is 4.04. The zero-order chi connectivity index (χ0) is 7.07. The molecule has 2 nitrogen and oxygen atoms in total. The van der Waals surface area contributed by atoms with Crippen molar-refractivity contribution in [2.45, 2.75) is 26.1 Å². The van der Waals surface area contributed by atoms with E-state index < -0.39 is 12.2 Å². The van der Waals surface area contributed by atoms with Crippen LogP contribution in [0.2, 0.25) is 0 Å². The molecule has 0 heterocycles. The first kappa shape index (κ1) is 6.78. The van der Waals surface area contributed by atoms with E-state index in [9.17, 15) is 5.11 Å². The summed E-state index contributed by atoms with van der Waals surface area (Å²) in [5.74, 6) is 0. The summed E-state index contributed by atoms with van der Waals surface area (Å²) in [5, 5.41) is 18.2. The fraction of sp³-hybridized carbons (Fsp3) is 0.714. The minimum atomic E-state index is -0.667. The highest BCUT2D eigenvalue weighted by Crippen LogP contribution is 2.30. The van der Waals surface area contributed by atoms with Gasteiger partial charge in [0.2, 0.25) is 0 Å². The maximum absolute atomic E-state index is 9.21. The van der Waals surface area contributed by atoms with Gasteiger partial charge in [0.05, 0.1) is 12.2 Å². The van der Waals surface area contributed by atoms with Gasteiger partial charge in [0.1, 0.15) is 0 Å². The van der Waals surface area contributed by atoms with Crippen molar-refractivity contribution in [3.63, 3.8) is 0 Å². The Kier molecular flexibility index (Phi) is 1.37. The van der Waals surface area contributed by atoms with E-state index in [1.807, 2.05) is 19.9 Å². The molecule has 0 saturated heterocycles. The molecule has 0 bridgehead atoms. The standard InChI is InChI=1S/C7H12O2/c1-7(2)4-3-5(8)6(7)9/h3-6,8-9H,1-2H3. The highest BCUT2D eigenvalue weighted by molar-refractivity contribution is 5.13. The molecule has 0 amide bonds. The predicted octanol–water partition coefficient (Wildman–Crippen LogP) is 0.304. The summed E-state index contributed by atoms with van der Waals surface area (Å²) in [5.41, 5.74) is -0.251. The molecule has 0 aromatic heterocycles. The van der Waals surface area contributed by atoms with Crippen molar-refractivity contribution in [2.24, 2.45) is 5.41 Å². The molecule has 1 rings (SSSR count). The van der Waals surface area contributed by atoms with E-state index in [4.69, 9.17) is 5.11 Å². The van der Waals surface area contributed by atoms with Crippen LogP contribution in [0.15, 0.2) is 12.2 Å². The van der Waals surface area contributed by atoms with Gasteiger partial charge < -0.3 is 10.2 Å². The van der Waals surface area contributed by atoms with Gasteiger partial charge >= 0.3 is 0 Å². The number of aliphatic hydroxyl groups is 2. The molecule has 0 aliphatic heterocycles. The van der Waals surface area contributed by atoms with Gasteiger partial charge in [-0.1, -0.05) is 26.0 Å². The third-order valence-electron chi connectivity index (χ3n) is 1.81. The second kappa shape index (κ2) is 1.82. The lowest BCUT2D eigenvalue weighted by molar-refractivity contribution is 0.00491. The van der Waals surface area contributed by atoms with Gasteiger partial charge in [-0.2, -0.15) is 0 Å². The fourth-order valence-electron chi connectivity index (χ4n) is 0.991. The number of hydrogen-bond acceptors (Lipinski definition) is 2. The van der Waals surface area contributed by atoms with Crippen molar-refractivity contribution >= 4 is 0 Å². The Morgan fingerprint density at radius 1 is 1.33 bits per heavy atom. The Bertz CT molecular complexity index is 138. The van der Waals surface area contributed by atoms with Crippen molar-refractivity contribution in [1.29, 1.82) is 0 Å². The SMILES string of the molecule is CC1(C)C=CC(O)C1O. The molecule has 0 aromatic carbocycles. The monoisotopic (exact) mass is 128 g/mol. The van der Waals surface area contributed by atoms with Crippen LogP contribution in [0.1, 0.15) is 13.8 Å². The summed E-state index contributed by atoms with van der Waals surface area (Å²) in [6.45, 7) is 3.79. The summed E-state index contributed by atoms with van der Waals surface area (Å²) in [6, 6.07) is 0. The molecule has 2 N–H and O–H groups in total. The van der Waals surface area contributed by atoms with Gasteiger partial charge in [0.15, 0.2) is 0 Å². The smallest absolute Gasteiger partial charge is 0.0988 e. The Balaban J connectivity index is 2.74. The van der Waals surface area contributed by atoms with E-state index in [0.717, 1.165) is 0 Å². The lowest BCUT2D eigenvalue weighted by Gasteiger charge is -2.22. The second-order valence-electron chi connectivity index (χ2n) is 3.12. The zero-order valence-corrected chi connectivity index (χ0v) is 5.70. The van der Waals surface area contributed by atoms with Gasteiger partial charge in [0.25, 0.3) is 0 Å². The molecule has 9 heavy (non-hydrogen) atoms. The molecule has 0 fully saturated rings. The average molecular weight is 128 g/mol. The molecular weight excluding hydrogens is 116 g/mol.